The molecular weight excluding hydrogens is 253 g/mol. The van der Waals surface area contributed by atoms with E-state index in [-0.39, 0.29) is 18.5 Å². The lowest BCUT2D eigenvalue weighted by atomic mass is 10.0. The lowest BCUT2D eigenvalue weighted by Crippen LogP contribution is -2.16. The van der Waals surface area contributed by atoms with E-state index in [0.29, 0.717) is 6.47 Å². The highest BCUT2D eigenvalue weighted by Gasteiger charge is 2.14. The number of hydrogen-bond donors (Lipinski definition) is 1. The van der Waals surface area contributed by atoms with Crippen LogP contribution in [0.5, 0.6) is 0 Å². The Morgan fingerprint density at radius 2 is 2.06 bits per heavy atom. The van der Waals surface area contributed by atoms with E-state index in [2.05, 4.69) is 4.74 Å². The van der Waals surface area contributed by atoms with Gasteiger partial charge in [-0.1, -0.05) is 12.1 Å². The minimum atomic E-state index is -0.374. The molecule has 2 rings (SSSR count). The summed E-state index contributed by atoms with van der Waals surface area (Å²) < 4.78 is 17.5. The minimum Gasteiger partial charge on any atom is -0.466 e. The van der Waals surface area contributed by atoms with Crippen molar-refractivity contribution in [2.75, 3.05) is 6.61 Å². The van der Waals surface area contributed by atoms with Gasteiger partial charge in [0.25, 0.3) is 6.47 Å². The first-order valence-corrected chi connectivity index (χ1v) is 6.29. The smallest absolute Gasteiger partial charge is 0.293 e. The third kappa shape index (κ3) is 2.75. The molecule has 1 aromatic heterocycles. The lowest BCUT2D eigenvalue weighted by Gasteiger charge is -2.11. The van der Waals surface area contributed by atoms with Crippen LogP contribution in [0, 0.1) is 5.82 Å². The first-order valence-electron chi connectivity index (χ1n) is 5.35. The topological polar surface area (TPSA) is 52.3 Å². The van der Waals surface area contributed by atoms with Crippen molar-refractivity contribution in [3.8, 4) is 11.1 Å². The molecule has 1 unspecified atom stereocenters. The van der Waals surface area contributed by atoms with E-state index in [1.807, 2.05) is 10.8 Å². The standard InChI is InChI=1S/C13H12FNO2S/c14-10-3-1-9(2-4-10)11-6-18-7-12(11)13(15)5-17-8-16/h1-4,6-8,13H,5,15H2. The summed E-state index contributed by atoms with van der Waals surface area (Å²) in [5.74, 6) is -0.274. The molecule has 0 fully saturated rings. The summed E-state index contributed by atoms with van der Waals surface area (Å²) in [6.45, 7) is 0.512. The number of carbonyl (C=O) groups excluding carboxylic acids is 1. The first-order chi connectivity index (χ1) is 8.72. The van der Waals surface area contributed by atoms with Crippen LogP contribution in [0.25, 0.3) is 11.1 Å². The van der Waals surface area contributed by atoms with Crippen molar-refractivity contribution in [3.05, 3.63) is 46.4 Å². The number of ether oxygens (including phenoxy) is 1. The molecule has 0 saturated carbocycles. The van der Waals surface area contributed by atoms with Gasteiger partial charge in [0.2, 0.25) is 0 Å². The lowest BCUT2D eigenvalue weighted by molar-refractivity contribution is -0.129. The fraction of sp³-hybridized carbons (Fsp3) is 0.154. The van der Waals surface area contributed by atoms with Crippen LogP contribution >= 0.6 is 11.3 Å². The Labute approximate surface area is 108 Å². The van der Waals surface area contributed by atoms with Gasteiger partial charge in [-0.25, -0.2) is 4.39 Å². The van der Waals surface area contributed by atoms with Gasteiger partial charge in [0.05, 0.1) is 6.04 Å². The minimum absolute atomic E-state index is 0.133. The fourth-order valence-corrected chi connectivity index (χ4v) is 2.62. The van der Waals surface area contributed by atoms with Crippen molar-refractivity contribution in [2.45, 2.75) is 6.04 Å². The van der Waals surface area contributed by atoms with Crippen LogP contribution in [0.1, 0.15) is 11.6 Å². The highest BCUT2D eigenvalue weighted by Crippen LogP contribution is 2.31. The second-order valence-corrected chi connectivity index (χ2v) is 4.53. The first kappa shape index (κ1) is 12.7. The zero-order valence-electron chi connectivity index (χ0n) is 9.51. The molecule has 0 aliphatic carbocycles. The van der Waals surface area contributed by atoms with Crippen molar-refractivity contribution >= 4 is 17.8 Å². The van der Waals surface area contributed by atoms with Gasteiger partial charge in [-0.2, -0.15) is 11.3 Å². The molecule has 5 heteroatoms. The number of hydrogen-bond acceptors (Lipinski definition) is 4. The van der Waals surface area contributed by atoms with Gasteiger partial charge in [0.15, 0.2) is 0 Å². The highest BCUT2D eigenvalue weighted by molar-refractivity contribution is 7.08. The van der Waals surface area contributed by atoms with Crippen LogP contribution in [-0.4, -0.2) is 13.1 Å². The molecule has 94 valence electrons. The highest BCUT2D eigenvalue weighted by atomic mass is 32.1. The van der Waals surface area contributed by atoms with Gasteiger partial charge in [-0.3, -0.25) is 4.79 Å². The maximum atomic E-state index is 12.9. The average molecular weight is 265 g/mol. The van der Waals surface area contributed by atoms with Crippen molar-refractivity contribution in [1.82, 2.24) is 0 Å². The fourth-order valence-electron chi connectivity index (χ4n) is 1.69. The van der Waals surface area contributed by atoms with Gasteiger partial charge in [0.1, 0.15) is 12.4 Å². The summed E-state index contributed by atoms with van der Waals surface area (Å²) in [4.78, 5) is 10.2. The SMILES string of the molecule is NC(COC=O)c1cscc1-c1ccc(F)cc1. The Kier molecular flexibility index (Phi) is 4.07. The van der Waals surface area contributed by atoms with Gasteiger partial charge in [-0.15, -0.1) is 0 Å². The molecule has 0 spiro atoms. The molecule has 2 N–H and O–H groups in total. The van der Waals surface area contributed by atoms with Gasteiger partial charge < -0.3 is 10.5 Å². The second-order valence-electron chi connectivity index (χ2n) is 3.78. The third-order valence-corrected chi connectivity index (χ3v) is 3.35. The monoisotopic (exact) mass is 265 g/mol. The molecule has 1 heterocycles. The van der Waals surface area contributed by atoms with E-state index in [4.69, 9.17) is 5.73 Å². The summed E-state index contributed by atoms with van der Waals surface area (Å²) in [6, 6.07) is 5.85. The molecule has 2 aromatic rings. The molecule has 18 heavy (non-hydrogen) atoms. The quantitative estimate of drug-likeness (QED) is 0.846. The second kappa shape index (κ2) is 5.75. The molecule has 1 atom stereocenters. The van der Waals surface area contributed by atoms with Crippen molar-refractivity contribution in [1.29, 1.82) is 0 Å². The van der Waals surface area contributed by atoms with Crippen molar-refractivity contribution in [3.63, 3.8) is 0 Å². The zero-order chi connectivity index (χ0) is 13.0. The van der Waals surface area contributed by atoms with Gasteiger partial charge >= 0.3 is 0 Å². The van der Waals surface area contributed by atoms with E-state index in [1.165, 1.54) is 23.5 Å². The molecule has 3 nitrogen and oxygen atoms in total. The third-order valence-electron chi connectivity index (χ3n) is 2.59. The number of benzene rings is 1. The number of thiophene rings is 1. The predicted octanol–water partition coefficient (Wildman–Crippen LogP) is 2.73. The molecule has 0 amide bonds. The summed E-state index contributed by atoms with van der Waals surface area (Å²) in [5.41, 5.74) is 8.68. The molecule has 0 aliphatic heterocycles. The van der Waals surface area contributed by atoms with E-state index in [9.17, 15) is 9.18 Å². The van der Waals surface area contributed by atoms with E-state index >= 15 is 0 Å². The Hall–Kier alpha value is -1.72. The number of halogens is 1. The number of rotatable bonds is 5. The van der Waals surface area contributed by atoms with Crippen LogP contribution in [-0.2, 0) is 9.53 Å². The van der Waals surface area contributed by atoms with Crippen LogP contribution in [0.3, 0.4) is 0 Å². The number of carbonyl (C=O) groups is 1. The maximum absolute atomic E-state index is 12.9. The summed E-state index contributed by atoms with van der Waals surface area (Å²) in [5, 5.41) is 3.86. The zero-order valence-corrected chi connectivity index (χ0v) is 10.3. The molecule has 0 saturated heterocycles. The molecule has 0 radical (unpaired) electrons. The molecule has 0 aliphatic rings. The Morgan fingerprint density at radius 1 is 1.33 bits per heavy atom. The van der Waals surface area contributed by atoms with Gasteiger partial charge in [-0.05, 0) is 39.6 Å². The molecular formula is C13H12FNO2S. The molecule has 1 aromatic carbocycles. The Bertz CT molecular complexity index is 524. The van der Waals surface area contributed by atoms with Crippen molar-refractivity contribution in [2.24, 2.45) is 5.73 Å². The van der Waals surface area contributed by atoms with Crippen LogP contribution in [0.4, 0.5) is 4.39 Å². The van der Waals surface area contributed by atoms with Crippen LogP contribution in [0.2, 0.25) is 0 Å². The van der Waals surface area contributed by atoms with E-state index in [1.54, 1.807) is 12.1 Å². The van der Waals surface area contributed by atoms with E-state index in [0.717, 1.165) is 16.7 Å². The number of nitrogens with two attached hydrogens (primary N) is 1. The Balaban J connectivity index is 2.26. The summed E-state index contributed by atoms with van der Waals surface area (Å²) in [7, 11) is 0. The van der Waals surface area contributed by atoms with E-state index < -0.39 is 0 Å². The molecule has 0 bridgehead atoms. The van der Waals surface area contributed by atoms with Gasteiger partial charge in [0, 0.05) is 0 Å². The average Bonchev–Trinajstić information content (AvgIpc) is 2.86. The normalized spacial score (nSPS) is 12.1. The van der Waals surface area contributed by atoms with Crippen molar-refractivity contribution < 1.29 is 13.9 Å². The maximum Gasteiger partial charge on any atom is 0.293 e. The Morgan fingerprint density at radius 3 is 2.72 bits per heavy atom. The van der Waals surface area contributed by atoms with Crippen LogP contribution in [0.15, 0.2) is 35.0 Å². The largest absolute Gasteiger partial charge is 0.466 e. The summed E-state index contributed by atoms with van der Waals surface area (Å²) >= 11 is 1.51. The summed E-state index contributed by atoms with van der Waals surface area (Å²) in [6.07, 6.45) is 0. The predicted molar refractivity (Wildman–Crippen MR) is 68.7 cm³/mol. The van der Waals surface area contributed by atoms with Crippen LogP contribution < -0.4 is 5.73 Å².